The molecule has 0 radical (unpaired) electrons. The zero-order valence-electron chi connectivity index (χ0n) is 14.0. The van der Waals surface area contributed by atoms with Crippen molar-refractivity contribution in [1.29, 1.82) is 0 Å². The largest absolute Gasteiger partial charge is 0.459 e. The van der Waals surface area contributed by atoms with Crippen LogP contribution in [-0.4, -0.2) is 25.0 Å². The summed E-state index contributed by atoms with van der Waals surface area (Å²) in [5, 5.41) is 9.25. The Morgan fingerprint density at radius 1 is 1.21 bits per heavy atom. The molecule has 1 amide bonds. The van der Waals surface area contributed by atoms with Gasteiger partial charge in [-0.05, 0) is 43.7 Å². The number of furan rings is 1. The van der Waals surface area contributed by atoms with Gasteiger partial charge in [0.1, 0.15) is 0 Å². The van der Waals surface area contributed by atoms with Crippen molar-refractivity contribution in [3.63, 3.8) is 0 Å². The summed E-state index contributed by atoms with van der Waals surface area (Å²) in [4.78, 5) is 16.0. The minimum atomic E-state index is -0.262. The van der Waals surface area contributed by atoms with Crippen LogP contribution in [0.1, 0.15) is 30.0 Å². The number of benzene rings is 1. The molecule has 0 aliphatic rings. The van der Waals surface area contributed by atoms with E-state index in [4.69, 9.17) is 4.42 Å². The Morgan fingerprint density at radius 2 is 1.92 bits per heavy atom. The first kappa shape index (κ1) is 20.0. The van der Waals surface area contributed by atoms with Gasteiger partial charge in [-0.15, -0.1) is 24.0 Å². The monoisotopic (exact) mass is 442 g/mol. The number of hydrogen-bond acceptors (Lipinski definition) is 3. The number of hydrogen-bond donors (Lipinski definition) is 3. The van der Waals surface area contributed by atoms with Crippen LogP contribution in [0.25, 0.3) is 0 Å². The molecule has 1 aromatic carbocycles. The molecular formula is C17H23IN4O2. The van der Waals surface area contributed by atoms with E-state index in [0.717, 1.165) is 17.2 Å². The molecule has 1 aromatic heterocycles. The molecule has 0 aliphatic carbocycles. The normalized spacial score (nSPS) is 10.9. The Labute approximate surface area is 159 Å². The summed E-state index contributed by atoms with van der Waals surface area (Å²) in [5.74, 6) is 0.789. The Hall–Kier alpha value is -2.03. The number of amides is 1. The van der Waals surface area contributed by atoms with E-state index in [9.17, 15) is 4.79 Å². The van der Waals surface area contributed by atoms with Gasteiger partial charge in [0, 0.05) is 25.3 Å². The van der Waals surface area contributed by atoms with Crippen molar-refractivity contribution in [3.05, 3.63) is 54.0 Å². The van der Waals surface area contributed by atoms with Crippen LogP contribution >= 0.6 is 24.0 Å². The van der Waals surface area contributed by atoms with Crippen LogP contribution in [0.4, 0.5) is 5.69 Å². The van der Waals surface area contributed by atoms with E-state index in [1.54, 1.807) is 19.2 Å². The van der Waals surface area contributed by atoms with Crippen molar-refractivity contribution in [3.8, 4) is 0 Å². The van der Waals surface area contributed by atoms with Gasteiger partial charge < -0.3 is 20.4 Å². The summed E-state index contributed by atoms with van der Waals surface area (Å²) in [6, 6.07) is 11.2. The lowest BCUT2D eigenvalue weighted by Crippen LogP contribution is -2.40. The second kappa shape index (κ2) is 9.96. The van der Waals surface area contributed by atoms with Gasteiger partial charge >= 0.3 is 0 Å². The summed E-state index contributed by atoms with van der Waals surface area (Å²) in [6.45, 7) is 4.77. The van der Waals surface area contributed by atoms with E-state index in [2.05, 4.69) is 34.8 Å². The van der Waals surface area contributed by atoms with Crippen LogP contribution in [0, 0.1) is 0 Å². The van der Waals surface area contributed by atoms with Gasteiger partial charge in [0.25, 0.3) is 5.91 Å². The van der Waals surface area contributed by atoms with Gasteiger partial charge in [-0.1, -0.05) is 12.1 Å². The minimum absolute atomic E-state index is 0. The van der Waals surface area contributed by atoms with Crippen molar-refractivity contribution in [2.24, 2.45) is 4.99 Å². The fourth-order valence-electron chi connectivity index (χ4n) is 1.96. The molecule has 6 nitrogen and oxygen atoms in total. The Kier molecular flexibility index (Phi) is 8.31. The van der Waals surface area contributed by atoms with Gasteiger partial charge in [0.15, 0.2) is 11.7 Å². The van der Waals surface area contributed by atoms with Crippen LogP contribution in [0.2, 0.25) is 0 Å². The second-order valence-electron chi connectivity index (χ2n) is 5.35. The Balaban J connectivity index is 0.00000288. The zero-order chi connectivity index (χ0) is 16.7. The number of guanidine groups is 1. The third-order valence-corrected chi connectivity index (χ3v) is 3.07. The topological polar surface area (TPSA) is 78.7 Å². The van der Waals surface area contributed by atoms with Crippen molar-refractivity contribution >= 4 is 41.5 Å². The van der Waals surface area contributed by atoms with Gasteiger partial charge in [-0.2, -0.15) is 0 Å². The number of halogens is 1. The van der Waals surface area contributed by atoms with Crippen LogP contribution < -0.4 is 16.0 Å². The van der Waals surface area contributed by atoms with Gasteiger partial charge in [0.05, 0.1) is 6.26 Å². The lowest BCUT2D eigenvalue weighted by Gasteiger charge is -2.14. The lowest BCUT2D eigenvalue weighted by molar-refractivity contribution is 0.0996. The molecule has 7 heteroatoms. The van der Waals surface area contributed by atoms with Crippen molar-refractivity contribution in [2.75, 3.05) is 12.4 Å². The molecule has 0 aliphatic heterocycles. The maximum Gasteiger partial charge on any atom is 0.291 e. The summed E-state index contributed by atoms with van der Waals surface area (Å²) < 4.78 is 5.06. The number of nitrogens with one attached hydrogen (secondary N) is 3. The zero-order valence-corrected chi connectivity index (χ0v) is 16.3. The van der Waals surface area contributed by atoms with Crippen molar-refractivity contribution < 1.29 is 9.21 Å². The van der Waals surface area contributed by atoms with Crippen molar-refractivity contribution in [1.82, 2.24) is 10.6 Å². The molecule has 130 valence electrons. The first-order valence-corrected chi connectivity index (χ1v) is 7.49. The quantitative estimate of drug-likeness (QED) is 0.378. The molecule has 0 atom stereocenters. The van der Waals surface area contributed by atoms with Crippen LogP contribution in [0.15, 0.2) is 52.1 Å². The number of carbonyl (C=O) groups excluding carboxylic acids is 1. The van der Waals surface area contributed by atoms with E-state index in [0.29, 0.717) is 18.3 Å². The predicted molar refractivity (Wildman–Crippen MR) is 107 cm³/mol. The maximum absolute atomic E-state index is 11.9. The number of rotatable bonds is 5. The van der Waals surface area contributed by atoms with Gasteiger partial charge in [0.2, 0.25) is 0 Å². The standard InChI is InChI=1S/C17H22N4O2.HI/c1-12(2)20-17(18-3)19-11-13-6-8-14(9-7-13)21-16(22)15-5-4-10-23-15;/h4-10,12H,11H2,1-3H3,(H,21,22)(H2,18,19,20);1H. The molecular weight excluding hydrogens is 419 g/mol. The summed E-state index contributed by atoms with van der Waals surface area (Å²) in [6.07, 6.45) is 1.47. The molecule has 2 aromatic rings. The SMILES string of the molecule is CN=C(NCc1ccc(NC(=O)c2ccco2)cc1)NC(C)C.I. The predicted octanol–water partition coefficient (Wildman–Crippen LogP) is 3.22. The third kappa shape index (κ3) is 6.23. The molecule has 3 N–H and O–H groups in total. The average Bonchev–Trinajstić information content (AvgIpc) is 3.07. The van der Waals surface area contributed by atoms with E-state index < -0.39 is 0 Å². The molecule has 2 rings (SSSR count). The highest BCUT2D eigenvalue weighted by Gasteiger charge is 2.08. The van der Waals surface area contributed by atoms with E-state index in [-0.39, 0.29) is 29.9 Å². The first-order valence-electron chi connectivity index (χ1n) is 7.49. The highest BCUT2D eigenvalue weighted by Crippen LogP contribution is 2.11. The molecule has 0 bridgehead atoms. The highest BCUT2D eigenvalue weighted by molar-refractivity contribution is 14.0. The summed E-state index contributed by atoms with van der Waals surface area (Å²) in [7, 11) is 1.74. The fourth-order valence-corrected chi connectivity index (χ4v) is 1.96. The Morgan fingerprint density at radius 3 is 2.46 bits per heavy atom. The number of anilines is 1. The molecule has 0 saturated carbocycles. The lowest BCUT2D eigenvalue weighted by atomic mass is 10.2. The highest BCUT2D eigenvalue weighted by atomic mass is 127. The van der Waals surface area contributed by atoms with E-state index in [1.165, 1.54) is 6.26 Å². The fraction of sp³-hybridized carbons (Fsp3) is 0.294. The van der Waals surface area contributed by atoms with E-state index >= 15 is 0 Å². The number of nitrogens with zero attached hydrogens (tertiary/aromatic N) is 1. The molecule has 0 spiro atoms. The molecule has 24 heavy (non-hydrogen) atoms. The molecule has 0 saturated heterocycles. The second-order valence-corrected chi connectivity index (χ2v) is 5.35. The van der Waals surface area contributed by atoms with Crippen LogP contribution in [0.5, 0.6) is 0 Å². The first-order chi connectivity index (χ1) is 11.1. The van der Waals surface area contributed by atoms with Crippen molar-refractivity contribution in [2.45, 2.75) is 26.4 Å². The maximum atomic E-state index is 11.9. The van der Waals surface area contributed by atoms with Gasteiger partial charge in [-0.25, -0.2) is 0 Å². The number of aliphatic imine (C=N–C) groups is 1. The summed E-state index contributed by atoms with van der Waals surface area (Å²) in [5.41, 5.74) is 1.81. The Bertz CT molecular complexity index is 652. The molecule has 0 fully saturated rings. The third-order valence-electron chi connectivity index (χ3n) is 3.07. The van der Waals surface area contributed by atoms with E-state index in [1.807, 2.05) is 24.3 Å². The minimum Gasteiger partial charge on any atom is -0.459 e. The van der Waals surface area contributed by atoms with Crippen LogP contribution in [0.3, 0.4) is 0 Å². The molecule has 1 heterocycles. The average molecular weight is 442 g/mol. The van der Waals surface area contributed by atoms with Crippen LogP contribution in [-0.2, 0) is 6.54 Å². The smallest absolute Gasteiger partial charge is 0.291 e. The van der Waals surface area contributed by atoms with Gasteiger partial charge in [-0.3, -0.25) is 9.79 Å². The number of carbonyl (C=O) groups is 1. The molecule has 0 unspecified atom stereocenters. The summed E-state index contributed by atoms with van der Waals surface area (Å²) >= 11 is 0.